The lowest BCUT2D eigenvalue weighted by Crippen LogP contribution is -2.37. The van der Waals surface area contributed by atoms with E-state index < -0.39 is 5.54 Å². The van der Waals surface area contributed by atoms with Gasteiger partial charge in [-0.05, 0) is 32.1 Å². The Hall–Kier alpha value is -0.200. The molecule has 0 bridgehead atoms. The summed E-state index contributed by atoms with van der Waals surface area (Å²) in [5.41, 5.74) is 5.21. The number of thioether (sulfide) groups is 1. The Labute approximate surface area is 104 Å². The minimum absolute atomic E-state index is 0.491. The minimum Gasteiger partial charge on any atom is -0.314 e. The van der Waals surface area contributed by atoms with Gasteiger partial charge in [-0.1, -0.05) is 26.7 Å². The molecule has 0 aromatic carbocycles. The molecule has 16 heavy (non-hydrogen) atoms. The number of hydrogen-bond acceptors (Lipinski definition) is 3. The molecule has 4 unspecified atom stereocenters. The summed E-state index contributed by atoms with van der Waals surface area (Å²) in [6.07, 6.45) is 6.22. The van der Waals surface area contributed by atoms with Gasteiger partial charge in [-0.2, -0.15) is 17.0 Å². The summed E-state index contributed by atoms with van der Waals surface area (Å²) in [6.45, 7) is 6.37. The van der Waals surface area contributed by atoms with Crippen LogP contribution in [0.2, 0.25) is 0 Å². The molecule has 1 aliphatic carbocycles. The van der Waals surface area contributed by atoms with Gasteiger partial charge in [0.2, 0.25) is 0 Å². The molecular weight excluding hydrogens is 216 g/mol. The van der Waals surface area contributed by atoms with Gasteiger partial charge in [0.15, 0.2) is 0 Å². The average Bonchev–Trinajstić information content (AvgIpc) is 2.16. The number of nitrogens with zero attached hydrogens (tertiary/aromatic N) is 1. The van der Waals surface area contributed by atoms with Crippen LogP contribution in [0.15, 0.2) is 0 Å². The molecule has 4 atom stereocenters. The summed E-state index contributed by atoms with van der Waals surface area (Å²) >= 11 is 2.04. The van der Waals surface area contributed by atoms with Crippen LogP contribution in [0.1, 0.15) is 52.9 Å². The molecule has 1 fully saturated rings. The lowest BCUT2D eigenvalue weighted by atomic mass is 9.90. The Morgan fingerprint density at radius 2 is 2.25 bits per heavy atom. The molecule has 0 saturated heterocycles. The van der Waals surface area contributed by atoms with Crippen molar-refractivity contribution in [3.8, 4) is 6.07 Å². The lowest BCUT2D eigenvalue weighted by molar-refractivity contribution is 0.393. The summed E-state index contributed by atoms with van der Waals surface area (Å²) in [4.78, 5) is 0. The third-order valence-electron chi connectivity index (χ3n) is 3.28. The molecular formula is C13H24N2S. The Morgan fingerprint density at radius 1 is 1.56 bits per heavy atom. The quantitative estimate of drug-likeness (QED) is 0.820. The van der Waals surface area contributed by atoms with Crippen molar-refractivity contribution in [1.82, 2.24) is 0 Å². The normalized spacial score (nSPS) is 31.4. The van der Waals surface area contributed by atoms with Crippen molar-refractivity contribution in [1.29, 1.82) is 5.26 Å². The maximum Gasteiger partial charge on any atom is 0.102 e. The van der Waals surface area contributed by atoms with Gasteiger partial charge >= 0.3 is 0 Å². The number of nitrogens with two attached hydrogens (primary N) is 1. The molecule has 0 radical (unpaired) electrons. The van der Waals surface area contributed by atoms with Crippen molar-refractivity contribution in [3.63, 3.8) is 0 Å². The first-order valence-electron chi connectivity index (χ1n) is 6.28. The Bertz CT molecular complexity index is 257. The van der Waals surface area contributed by atoms with Crippen molar-refractivity contribution in [3.05, 3.63) is 0 Å². The van der Waals surface area contributed by atoms with Crippen molar-refractivity contribution in [2.75, 3.05) is 0 Å². The predicted octanol–water partition coefficient (Wildman–Crippen LogP) is 3.32. The second kappa shape index (κ2) is 5.93. The van der Waals surface area contributed by atoms with E-state index in [4.69, 9.17) is 11.0 Å². The van der Waals surface area contributed by atoms with Gasteiger partial charge < -0.3 is 5.73 Å². The van der Waals surface area contributed by atoms with E-state index in [-0.39, 0.29) is 0 Å². The van der Waals surface area contributed by atoms with Crippen LogP contribution in [-0.2, 0) is 0 Å². The molecule has 3 heteroatoms. The van der Waals surface area contributed by atoms with Gasteiger partial charge in [0, 0.05) is 10.5 Å². The first-order chi connectivity index (χ1) is 7.43. The average molecular weight is 240 g/mol. The molecule has 0 spiro atoms. The van der Waals surface area contributed by atoms with Crippen LogP contribution in [0.4, 0.5) is 0 Å². The van der Waals surface area contributed by atoms with Crippen LogP contribution in [0, 0.1) is 17.2 Å². The smallest absolute Gasteiger partial charge is 0.102 e. The number of hydrogen-bond donors (Lipinski definition) is 1. The van der Waals surface area contributed by atoms with Gasteiger partial charge in [-0.3, -0.25) is 0 Å². The van der Waals surface area contributed by atoms with Crippen molar-refractivity contribution in [2.24, 2.45) is 11.7 Å². The van der Waals surface area contributed by atoms with Crippen LogP contribution >= 0.6 is 11.8 Å². The van der Waals surface area contributed by atoms with E-state index in [0.717, 1.165) is 17.6 Å². The van der Waals surface area contributed by atoms with E-state index >= 15 is 0 Å². The van der Waals surface area contributed by atoms with Gasteiger partial charge in [0.05, 0.1) is 6.07 Å². The fourth-order valence-electron chi connectivity index (χ4n) is 2.52. The molecule has 1 rings (SSSR count). The third-order valence-corrected chi connectivity index (χ3v) is 4.72. The van der Waals surface area contributed by atoms with Gasteiger partial charge in [0.1, 0.15) is 5.54 Å². The highest BCUT2D eigenvalue weighted by Gasteiger charge is 2.25. The molecule has 92 valence electrons. The number of rotatable bonds is 4. The monoisotopic (exact) mass is 240 g/mol. The predicted molar refractivity (Wildman–Crippen MR) is 71.3 cm³/mol. The number of nitriles is 1. The van der Waals surface area contributed by atoms with Crippen LogP contribution < -0.4 is 5.73 Å². The largest absolute Gasteiger partial charge is 0.314 e. The summed E-state index contributed by atoms with van der Waals surface area (Å²) in [5.74, 6) is 0.874. The molecule has 0 aromatic heterocycles. The summed E-state index contributed by atoms with van der Waals surface area (Å²) in [6, 6.07) is 2.18. The first-order valence-corrected chi connectivity index (χ1v) is 7.23. The third kappa shape index (κ3) is 4.76. The molecule has 0 amide bonds. The van der Waals surface area contributed by atoms with Gasteiger partial charge in [0.25, 0.3) is 0 Å². The summed E-state index contributed by atoms with van der Waals surface area (Å²) < 4.78 is 0. The van der Waals surface area contributed by atoms with Crippen LogP contribution in [-0.4, -0.2) is 16.0 Å². The van der Waals surface area contributed by atoms with Crippen molar-refractivity contribution >= 4 is 11.8 Å². The molecule has 1 aliphatic rings. The van der Waals surface area contributed by atoms with E-state index in [1.165, 1.54) is 25.7 Å². The van der Waals surface area contributed by atoms with Gasteiger partial charge in [-0.15, -0.1) is 0 Å². The highest BCUT2D eigenvalue weighted by Crippen LogP contribution is 2.35. The second-order valence-corrected chi connectivity index (χ2v) is 7.32. The fraction of sp³-hybridized carbons (Fsp3) is 0.923. The zero-order valence-electron chi connectivity index (χ0n) is 10.7. The van der Waals surface area contributed by atoms with Crippen molar-refractivity contribution < 1.29 is 0 Å². The maximum atomic E-state index is 8.91. The standard InChI is InChI=1S/C13H24N2S/c1-10-5-4-6-12(7-10)16-11(2)8-13(3,15)9-14/h10-12H,4-8,15H2,1-3H3. The van der Waals surface area contributed by atoms with Crippen LogP contribution in [0.3, 0.4) is 0 Å². The molecule has 1 saturated carbocycles. The highest BCUT2D eigenvalue weighted by molar-refractivity contribution is 8.00. The molecule has 2 N–H and O–H groups in total. The summed E-state index contributed by atoms with van der Waals surface area (Å²) in [5, 5.41) is 10.2. The van der Waals surface area contributed by atoms with E-state index in [2.05, 4.69) is 19.9 Å². The Morgan fingerprint density at radius 3 is 2.81 bits per heavy atom. The maximum absolute atomic E-state index is 8.91. The van der Waals surface area contributed by atoms with E-state index in [1.807, 2.05) is 18.7 Å². The highest BCUT2D eigenvalue weighted by atomic mass is 32.2. The van der Waals surface area contributed by atoms with E-state index in [9.17, 15) is 0 Å². The van der Waals surface area contributed by atoms with Crippen molar-refractivity contribution in [2.45, 2.75) is 68.9 Å². The van der Waals surface area contributed by atoms with Gasteiger partial charge in [-0.25, -0.2) is 0 Å². The Balaban J connectivity index is 2.34. The van der Waals surface area contributed by atoms with Crippen LogP contribution in [0.25, 0.3) is 0 Å². The SMILES string of the molecule is CC1CCCC(SC(C)CC(C)(N)C#N)C1. The fourth-order valence-corrected chi connectivity index (χ4v) is 4.36. The minimum atomic E-state index is -0.660. The lowest BCUT2D eigenvalue weighted by Gasteiger charge is -2.30. The second-order valence-electron chi connectivity index (χ2n) is 5.57. The van der Waals surface area contributed by atoms with E-state index in [1.54, 1.807) is 0 Å². The van der Waals surface area contributed by atoms with Crippen LogP contribution in [0.5, 0.6) is 0 Å². The summed E-state index contributed by atoms with van der Waals surface area (Å²) in [7, 11) is 0. The molecule has 2 nitrogen and oxygen atoms in total. The Kier molecular flexibility index (Phi) is 5.14. The first kappa shape index (κ1) is 13.9. The zero-order valence-corrected chi connectivity index (χ0v) is 11.5. The van der Waals surface area contributed by atoms with E-state index in [0.29, 0.717) is 5.25 Å². The zero-order chi connectivity index (χ0) is 12.2. The topological polar surface area (TPSA) is 49.8 Å². The molecule has 0 aliphatic heterocycles. The molecule has 0 aromatic rings. The molecule has 0 heterocycles.